The number of anilines is 1. The van der Waals surface area contributed by atoms with Crippen LogP contribution in [0, 0.1) is 0 Å². The van der Waals surface area contributed by atoms with Gasteiger partial charge in [-0.05, 0) is 50.2 Å². The van der Waals surface area contributed by atoms with Crippen molar-refractivity contribution in [2.75, 3.05) is 18.9 Å². The van der Waals surface area contributed by atoms with Crippen LogP contribution >= 0.6 is 11.3 Å². The summed E-state index contributed by atoms with van der Waals surface area (Å²) in [5.74, 6) is -0.112. The number of nitrogen functional groups attached to an aromatic ring is 1. The molecule has 1 aliphatic heterocycles. The van der Waals surface area contributed by atoms with Gasteiger partial charge in [0.25, 0.3) is 5.91 Å². The Morgan fingerprint density at radius 3 is 3.09 bits per heavy atom. The summed E-state index contributed by atoms with van der Waals surface area (Å²) in [5, 5.41) is 3.88. The van der Waals surface area contributed by atoms with Crippen molar-refractivity contribution in [3.8, 4) is 0 Å². The standard InChI is InChI=1S/C17H21N3O2S/c18-14-12-8-10-4-1-2-6-13(10)20-17(12)23-15(14)16(21)19-9-11-5-3-7-22-11/h8,11H,1-7,9,18H2,(H,19,21). The van der Waals surface area contributed by atoms with Crippen LogP contribution in [0.25, 0.3) is 10.2 Å². The van der Waals surface area contributed by atoms with Gasteiger partial charge < -0.3 is 15.8 Å². The van der Waals surface area contributed by atoms with Gasteiger partial charge >= 0.3 is 0 Å². The van der Waals surface area contributed by atoms with Crippen molar-refractivity contribution in [1.82, 2.24) is 10.3 Å². The number of ether oxygens (including phenoxy) is 1. The Kier molecular flexibility index (Phi) is 3.95. The number of aryl methyl sites for hydroxylation is 2. The summed E-state index contributed by atoms with van der Waals surface area (Å²) in [4.78, 5) is 18.7. The van der Waals surface area contributed by atoms with Gasteiger partial charge in [-0.1, -0.05) is 0 Å². The van der Waals surface area contributed by atoms with Crippen LogP contribution in [0.4, 0.5) is 5.69 Å². The van der Waals surface area contributed by atoms with E-state index in [4.69, 9.17) is 15.5 Å². The molecule has 0 saturated carbocycles. The van der Waals surface area contributed by atoms with Gasteiger partial charge in [0, 0.05) is 24.2 Å². The molecule has 2 aromatic rings. The van der Waals surface area contributed by atoms with Crippen LogP contribution in [0.3, 0.4) is 0 Å². The first-order valence-electron chi connectivity index (χ1n) is 8.33. The number of carbonyl (C=O) groups is 1. The first-order chi connectivity index (χ1) is 11.2. The van der Waals surface area contributed by atoms with Crippen LogP contribution in [0.1, 0.15) is 46.6 Å². The number of thiophene rings is 1. The summed E-state index contributed by atoms with van der Waals surface area (Å²) in [6.07, 6.45) is 6.72. The zero-order chi connectivity index (χ0) is 15.8. The summed E-state index contributed by atoms with van der Waals surface area (Å²) < 4.78 is 5.54. The number of rotatable bonds is 3. The summed E-state index contributed by atoms with van der Waals surface area (Å²) in [6, 6.07) is 2.14. The van der Waals surface area contributed by atoms with E-state index < -0.39 is 0 Å². The lowest BCUT2D eigenvalue weighted by molar-refractivity contribution is 0.0862. The molecule has 0 bridgehead atoms. The van der Waals surface area contributed by atoms with Gasteiger partial charge in [0.15, 0.2) is 0 Å². The van der Waals surface area contributed by atoms with E-state index in [1.165, 1.54) is 35.4 Å². The van der Waals surface area contributed by atoms with E-state index in [0.717, 1.165) is 42.5 Å². The Morgan fingerprint density at radius 1 is 1.39 bits per heavy atom. The molecule has 1 atom stereocenters. The molecule has 5 nitrogen and oxygen atoms in total. The topological polar surface area (TPSA) is 77.2 Å². The lowest BCUT2D eigenvalue weighted by Gasteiger charge is -2.14. The van der Waals surface area contributed by atoms with Gasteiger partial charge in [-0.15, -0.1) is 11.3 Å². The first kappa shape index (κ1) is 14.9. The fraction of sp³-hybridized carbons (Fsp3) is 0.529. The SMILES string of the molecule is Nc1c(C(=O)NCC2CCCO2)sc2nc3c(cc12)CCCC3. The molecule has 0 radical (unpaired) electrons. The van der Waals surface area contributed by atoms with E-state index >= 15 is 0 Å². The maximum atomic E-state index is 12.4. The number of nitrogens with zero attached hydrogens (tertiary/aromatic N) is 1. The first-order valence-corrected chi connectivity index (χ1v) is 9.14. The number of nitrogens with two attached hydrogens (primary N) is 1. The molecule has 0 spiro atoms. The third-order valence-corrected chi connectivity index (χ3v) is 5.83. The second kappa shape index (κ2) is 6.09. The van der Waals surface area contributed by atoms with Crippen molar-refractivity contribution in [3.63, 3.8) is 0 Å². The number of hydrogen-bond donors (Lipinski definition) is 2. The molecular formula is C17H21N3O2S. The minimum Gasteiger partial charge on any atom is -0.397 e. The zero-order valence-electron chi connectivity index (χ0n) is 13.1. The van der Waals surface area contributed by atoms with Gasteiger partial charge in [0.2, 0.25) is 0 Å². The Bertz CT molecular complexity index is 750. The molecule has 3 heterocycles. The molecule has 0 aromatic carbocycles. The number of carbonyl (C=O) groups excluding carboxylic acids is 1. The molecule has 1 fully saturated rings. The average molecular weight is 331 g/mol. The minimum absolute atomic E-state index is 0.112. The lowest BCUT2D eigenvalue weighted by atomic mass is 9.95. The number of pyridine rings is 1. The molecule has 1 aliphatic carbocycles. The van der Waals surface area contributed by atoms with E-state index in [-0.39, 0.29) is 12.0 Å². The Balaban J connectivity index is 1.59. The summed E-state index contributed by atoms with van der Waals surface area (Å²) in [7, 11) is 0. The number of fused-ring (bicyclic) bond motifs is 2. The molecule has 1 unspecified atom stereocenters. The van der Waals surface area contributed by atoms with Crippen molar-refractivity contribution in [3.05, 3.63) is 22.2 Å². The lowest BCUT2D eigenvalue weighted by Crippen LogP contribution is -2.31. The maximum absolute atomic E-state index is 12.4. The quantitative estimate of drug-likeness (QED) is 0.906. The smallest absolute Gasteiger partial charge is 0.263 e. The maximum Gasteiger partial charge on any atom is 0.263 e. The molecule has 1 amide bonds. The molecular weight excluding hydrogens is 310 g/mol. The van der Waals surface area contributed by atoms with Crippen LogP contribution in [-0.2, 0) is 17.6 Å². The fourth-order valence-electron chi connectivity index (χ4n) is 3.42. The van der Waals surface area contributed by atoms with Gasteiger partial charge in [0.1, 0.15) is 9.71 Å². The Hall–Kier alpha value is -1.66. The minimum atomic E-state index is -0.112. The predicted octanol–water partition coefficient (Wildman–Crippen LogP) is 2.67. The van der Waals surface area contributed by atoms with E-state index in [1.54, 1.807) is 0 Å². The fourth-order valence-corrected chi connectivity index (χ4v) is 4.43. The molecule has 6 heteroatoms. The third-order valence-electron chi connectivity index (χ3n) is 4.72. The molecule has 1 saturated heterocycles. The van der Waals surface area contributed by atoms with E-state index in [1.807, 2.05) is 0 Å². The molecule has 23 heavy (non-hydrogen) atoms. The second-order valence-electron chi connectivity index (χ2n) is 6.34. The predicted molar refractivity (Wildman–Crippen MR) is 92.0 cm³/mol. The number of amides is 1. The third kappa shape index (κ3) is 2.81. The summed E-state index contributed by atoms with van der Waals surface area (Å²) >= 11 is 1.40. The van der Waals surface area contributed by atoms with Gasteiger partial charge in [0.05, 0.1) is 11.8 Å². The van der Waals surface area contributed by atoms with E-state index in [0.29, 0.717) is 17.1 Å². The highest BCUT2D eigenvalue weighted by molar-refractivity contribution is 7.21. The van der Waals surface area contributed by atoms with Gasteiger partial charge in [-0.3, -0.25) is 4.79 Å². The molecule has 3 N–H and O–H groups in total. The van der Waals surface area contributed by atoms with Crippen molar-refractivity contribution in [2.45, 2.75) is 44.6 Å². The molecule has 4 rings (SSSR count). The van der Waals surface area contributed by atoms with Gasteiger partial charge in [-0.2, -0.15) is 0 Å². The van der Waals surface area contributed by atoms with E-state index in [2.05, 4.69) is 11.4 Å². The zero-order valence-corrected chi connectivity index (χ0v) is 13.9. The van der Waals surface area contributed by atoms with Crippen LogP contribution in [0.15, 0.2) is 6.07 Å². The normalized spacial score (nSPS) is 20.6. The van der Waals surface area contributed by atoms with Crippen molar-refractivity contribution >= 4 is 33.1 Å². The van der Waals surface area contributed by atoms with Crippen LogP contribution in [0.5, 0.6) is 0 Å². The van der Waals surface area contributed by atoms with E-state index in [9.17, 15) is 4.79 Å². The number of aromatic nitrogens is 1. The summed E-state index contributed by atoms with van der Waals surface area (Å²) in [6.45, 7) is 1.34. The monoisotopic (exact) mass is 331 g/mol. The van der Waals surface area contributed by atoms with Crippen LogP contribution in [0.2, 0.25) is 0 Å². The number of nitrogens with one attached hydrogen (secondary N) is 1. The molecule has 122 valence electrons. The number of hydrogen-bond acceptors (Lipinski definition) is 5. The Morgan fingerprint density at radius 2 is 2.26 bits per heavy atom. The summed E-state index contributed by atoms with van der Waals surface area (Å²) in [5.41, 5.74) is 9.27. The molecule has 2 aromatic heterocycles. The highest BCUT2D eigenvalue weighted by atomic mass is 32.1. The highest BCUT2D eigenvalue weighted by Crippen LogP contribution is 2.35. The van der Waals surface area contributed by atoms with Crippen LogP contribution in [-0.4, -0.2) is 30.1 Å². The van der Waals surface area contributed by atoms with Crippen molar-refractivity contribution < 1.29 is 9.53 Å². The average Bonchev–Trinajstić information content (AvgIpc) is 3.19. The van der Waals surface area contributed by atoms with Crippen LogP contribution < -0.4 is 11.1 Å². The second-order valence-corrected chi connectivity index (χ2v) is 7.34. The Labute approximate surface area is 139 Å². The van der Waals surface area contributed by atoms with Crippen molar-refractivity contribution in [1.29, 1.82) is 0 Å². The van der Waals surface area contributed by atoms with Gasteiger partial charge in [-0.25, -0.2) is 4.98 Å². The highest BCUT2D eigenvalue weighted by Gasteiger charge is 2.22. The van der Waals surface area contributed by atoms with Crippen molar-refractivity contribution in [2.24, 2.45) is 0 Å². The largest absolute Gasteiger partial charge is 0.397 e. The molecule has 2 aliphatic rings.